The Bertz CT molecular complexity index is 1010. The molecular formula is C21H17ClN2O3. The number of furan rings is 1. The highest BCUT2D eigenvalue weighted by atomic mass is 35.5. The lowest BCUT2D eigenvalue weighted by molar-refractivity contribution is 0.0678. The second-order valence-electron chi connectivity index (χ2n) is 6.47. The molecule has 27 heavy (non-hydrogen) atoms. The number of hydrazone groups is 1. The van der Waals surface area contributed by atoms with Gasteiger partial charge in [-0.2, -0.15) is 5.10 Å². The molecule has 0 unspecified atom stereocenters. The van der Waals surface area contributed by atoms with Gasteiger partial charge in [-0.05, 0) is 42.8 Å². The summed E-state index contributed by atoms with van der Waals surface area (Å²) >= 11 is 6.08. The van der Waals surface area contributed by atoms with Crippen molar-refractivity contribution < 1.29 is 14.3 Å². The number of rotatable bonds is 3. The summed E-state index contributed by atoms with van der Waals surface area (Å²) in [5.74, 6) is -0.0392. The summed E-state index contributed by atoms with van der Waals surface area (Å²) in [6.45, 7) is 2.01. The van der Waals surface area contributed by atoms with Crippen LogP contribution in [-0.2, 0) is 0 Å². The third-order valence-corrected chi connectivity index (χ3v) is 4.82. The normalized spacial score (nSPS) is 16.4. The second kappa shape index (κ2) is 6.93. The van der Waals surface area contributed by atoms with Gasteiger partial charge in [0.15, 0.2) is 5.76 Å². The maximum atomic E-state index is 12.9. The van der Waals surface area contributed by atoms with Gasteiger partial charge in [0.1, 0.15) is 5.75 Å². The molecule has 1 aromatic heterocycles. The first-order valence-corrected chi connectivity index (χ1v) is 8.91. The maximum Gasteiger partial charge on any atom is 0.310 e. The van der Waals surface area contributed by atoms with Crippen LogP contribution in [0.25, 0.3) is 0 Å². The van der Waals surface area contributed by atoms with E-state index in [-0.39, 0.29) is 23.5 Å². The highest BCUT2D eigenvalue weighted by Gasteiger charge is 2.35. The molecule has 1 atom stereocenters. The fourth-order valence-corrected chi connectivity index (χ4v) is 3.33. The van der Waals surface area contributed by atoms with Crippen molar-refractivity contribution in [2.24, 2.45) is 5.10 Å². The predicted octanol–water partition coefficient (Wildman–Crippen LogP) is 4.94. The molecule has 0 saturated carbocycles. The van der Waals surface area contributed by atoms with Crippen molar-refractivity contribution in [3.05, 3.63) is 88.3 Å². The van der Waals surface area contributed by atoms with Crippen LogP contribution in [0, 0.1) is 6.92 Å². The van der Waals surface area contributed by atoms with Crippen LogP contribution in [0.4, 0.5) is 0 Å². The molecule has 2 heterocycles. The molecular weight excluding hydrogens is 364 g/mol. The Kier molecular flexibility index (Phi) is 4.46. The van der Waals surface area contributed by atoms with Crippen molar-refractivity contribution in [3.63, 3.8) is 0 Å². The van der Waals surface area contributed by atoms with Crippen LogP contribution in [0.5, 0.6) is 5.75 Å². The van der Waals surface area contributed by atoms with Crippen LogP contribution < -0.4 is 0 Å². The van der Waals surface area contributed by atoms with Crippen molar-refractivity contribution in [1.29, 1.82) is 0 Å². The molecule has 136 valence electrons. The number of phenolic OH excluding ortho intramolecular Hbond substituents is 1. The molecule has 6 heteroatoms. The topological polar surface area (TPSA) is 66.0 Å². The smallest absolute Gasteiger partial charge is 0.310 e. The van der Waals surface area contributed by atoms with Gasteiger partial charge in [0, 0.05) is 17.0 Å². The van der Waals surface area contributed by atoms with Gasteiger partial charge in [-0.25, -0.2) is 5.01 Å². The number of phenols is 1. The van der Waals surface area contributed by atoms with Crippen molar-refractivity contribution in [1.82, 2.24) is 5.01 Å². The van der Waals surface area contributed by atoms with Gasteiger partial charge in [0.05, 0.1) is 18.0 Å². The van der Waals surface area contributed by atoms with Gasteiger partial charge < -0.3 is 9.52 Å². The summed E-state index contributed by atoms with van der Waals surface area (Å²) < 4.78 is 5.26. The van der Waals surface area contributed by atoms with Crippen LogP contribution in [0.3, 0.4) is 0 Å². The van der Waals surface area contributed by atoms with Crippen LogP contribution in [0.15, 0.2) is 70.4 Å². The van der Waals surface area contributed by atoms with Crippen LogP contribution in [0.2, 0.25) is 5.02 Å². The predicted molar refractivity (Wildman–Crippen MR) is 103 cm³/mol. The number of benzene rings is 2. The van der Waals surface area contributed by atoms with E-state index < -0.39 is 0 Å². The molecule has 4 rings (SSSR count). The molecule has 5 nitrogen and oxygen atoms in total. The number of hydrogen-bond donors (Lipinski definition) is 1. The third-order valence-electron chi connectivity index (χ3n) is 4.58. The molecule has 2 aromatic carbocycles. The quantitative estimate of drug-likeness (QED) is 0.699. The van der Waals surface area contributed by atoms with E-state index in [0.717, 1.165) is 11.1 Å². The molecule has 0 fully saturated rings. The molecule has 0 spiro atoms. The molecule has 0 saturated heterocycles. The third kappa shape index (κ3) is 3.34. The number of aryl methyl sites for hydroxylation is 1. The second-order valence-corrected chi connectivity index (χ2v) is 6.90. The molecule has 1 aliphatic rings. The Balaban J connectivity index is 1.76. The number of nitrogens with zero attached hydrogens (tertiary/aromatic N) is 2. The van der Waals surface area contributed by atoms with Crippen LogP contribution in [0.1, 0.15) is 39.7 Å². The lowest BCUT2D eigenvalue weighted by Crippen LogP contribution is -2.26. The van der Waals surface area contributed by atoms with Crippen molar-refractivity contribution in [2.45, 2.75) is 19.4 Å². The maximum absolute atomic E-state index is 12.9. The number of hydrogen-bond acceptors (Lipinski definition) is 4. The summed E-state index contributed by atoms with van der Waals surface area (Å²) in [6.07, 6.45) is 1.92. The number of halogens is 1. The largest absolute Gasteiger partial charge is 0.507 e. The summed E-state index contributed by atoms with van der Waals surface area (Å²) in [6, 6.07) is 15.7. The summed E-state index contributed by atoms with van der Waals surface area (Å²) in [5.41, 5.74) is 3.21. The molecule has 3 aromatic rings. The Morgan fingerprint density at radius 2 is 2.00 bits per heavy atom. The lowest BCUT2D eigenvalue weighted by atomic mass is 9.97. The minimum atomic E-state index is -0.331. The van der Waals surface area contributed by atoms with E-state index in [1.54, 1.807) is 24.3 Å². The Morgan fingerprint density at radius 1 is 1.22 bits per heavy atom. The zero-order valence-electron chi connectivity index (χ0n) is 14.6. The molecule has 0 bridgehead atoms. The van der Waals surface area contributed by atoms with Crippen LogP contribution in [-0.4, -0.2) is 21.7 Å². The fourth-order valence-electron chi connectivity index (χ4n) is 3.16. The van der Waals surface area contributed by atoms with Gasteiger partial charge in [-0.3, -0.25) is 4.79 Å². The monoisotopic (exact) mass is 380 g/mol. The van der Waals surface area contributed by atoms with E-state index in [9.17, 15) is 9.90 Å². The summed E-state index contributed by atoms with van der Waals surface area (Å²) in [5, 5.41) is 16.7. The fraction of sp³-hybridized carbons (Fsp3) is 0.143. The molecule has 1 N–H and O–H groups in total. The average molecular weight is 381 g/mol. The highest BCUT2D eigenvalue weighted by Crippen LogP contribution is 2.36. The minimum absolute atomic E-state index is 0.0769. The zero-order valence-corrected chi connectivity index (χ0v) is 15.3. The number of amides is 1. The summed E-state index contributed by atoms with van der Waals surface area (Å²) in [7, 11) is 0. The number of aromatic hydroxyl groups is 1. The first kappa shape index (κ1) is 17.4. The first-order valence-electron chi connectivity index (χ1n) is 8.53. The Morgan fingerprint density at radius 3 is 2.70 bits per heavy atom. The van der Waals surface area contributed by atoms with Crippen LogP contribution >= 0.6 is 11.6 Å². The van der Waals surface area contributed by atoms with Gasteiger partial charge in [-0.15, -0.1) is 0 Å². The van der Waals surface area contributed by atoms with Gasteiger partial charge in [-0.1, -0.05) is 41.4 Å². The van der Waals surface area contributed by atoms with E-state index in [2.05, 4.69) is 5.10 Å². The number of carbonyl (C=O) groups excluding carboxylic acids is 1. The molecule has 0 radical (unpaired) electrons. The van der Waals surface area contributed by atoms with Gasteiger partial charge in [0.2, 0.25) is 0 Å². The van der Waals surface area contributed by atoms with E-state index >= 15 is 0 Å². The Hall–Kier alpha value is -3.05. The molecule has 1 aliphatic heterocycles. The van der Waals surface area contributed by atoms with Gasteiger partial charge in [0.25, 0.3) is 0 Å². The van der Waals surface area contributed by atoms with Crippen molar-refractivity contribution >= 4 is 23.2 Å². The van der Waals surface area contributed by atoms with Crippen molar-refractivity contribution in [2.75, 3.05) is 0 Å². The SMILES string of the molecule is Cc1ccc([C@@H]2CC(c3cc(Cl)ccc3O)=NN2C(=O)c2ccco2)cc1. The van der Waals surface area contributed by atoms with E-state index in [1.807, 2.05) is 31.2 Å². The average Bonchev–Trinajstić information content (AvgIpc) is 3.34. The van der Waals surface area contributed by atoms with Gasteiger partial charge >= 0.3 is 5.91 Å². The first-order chi connectivity index (χ1) is 13.0. The summed E-state index contributed by atoms with van der Waals surface area (Å²) in [4.78, 5) is 12.9. The molecule has 1 amide bonds. The Labute approximate surface area is 161 Å². The lowest BCUT2D eigenvalue weighted by Gasteiger charge is -2.21. The number of carbonyl (C=O) groups is 1. The minimum Gasteiger partial charge on any atom is -0.507 e. The molecule has 0 aliphatic carbocycles. The van der Waals surface area contributed by atoms with Crippen molar-refractivity contribution in [3.8, 4) is 5.75 Å². The zero-order chi connectivity index (χ0) is 19.0. The van der Waals surface area contributed by atoms with E-state index in [4.69, 9.17) is 16.0 Å². The van der Waals surface area contributed by atoms with E-state index in [0.29, 0.717) is 22.7 Å². The van der Waals surface area contributed by atoms with E-state index in [1.165, 1.54) is 17.3 Å². The standard InChI is InChI=1S/C21H17ClN2O3/c1-13-4-6-14(7-5-13)18-12-17(16-11-15(22)8-9-19(16)25)23-24(18)21(26)20-3-2-10-27-20/h2-11,18,25H,12H2,1H3/t18-/m0/s1. The highest BCUT2D eigenvalue weighted by molar-refractivity contribution is 6.31.